The van der Waals surface area contributed by atoms with E-state index < -0.39 is 0 Å². The number of rotatable bonds is 10. The fraction of sp³-hybridized carbons (Fsp3) is 0.826. The van der Waals surface area contributed by atoms with Gasteiger partial charge in [0.05, 0.1) is 24.0 Å². The third-order valence-electron chi connectivity index (χ3n) is 7.14. The number of hydrogen-bond donors (Lipinski definition) is 0. The average molecular weight is 407 g/mol. The minimum Gasteiger partial charge on any atom is -0.483 e. The molecule has 6 unspecified atom stereocenters. The highest BCUT2D eigenvalue weighted by Crippen LogP contribution is 2.41. The molecule has 162 valence electrons. The minimum atomic E-state index is -0.310. The maximum atomic E-state index is 12.6. The zero-order valence-electron chi connectivity index (χ0n) is 17.7. The first-order valence-corrected chi connectivity index (χ1v) is 11.4. The number of fused-ring (bicyclic) bond motifs is 2. The smallest absolute Gasteiger partial charge is 0.312 e. The monoisotopic (exact) mass is 406 g/mol. The van der Waals surface area contributed by atoms with E-state index >= 15 is 0 Å². The summed E-state index contributed by atoms with van der Waals surface area (Å²) in [6.07, 6.45) is 10.8. The Morgan fingerprint density at radius 1 is 1.07 bits per heavy atom. The molecule has 0 spiro atoms. The lowest BCUT2D eigenvalue weighted by atomic mass is 9.81. The fourth-order valence-electron chi connectivity index (χ4n) is 4.69. The van der Waals surface area contributed by atoms with Crippen LogP contribution in [0.25, 0.3) is 0 Å². The van der Waals surface area contributed by atoms with Gasteiger partial charge < -0.3 is 18.9 Å². The molecule has 0 aromatic rings. The summed E-state index contributed by atoms with van der Waals surface area (Å²) in [4.78, 5) is 25.2. The van der Waals surface area contributed by atoms with Crippen molar-refractivity contribution in [1.82, 2.24) is 0 Å². The van der Waals surface area contributed by atoms with Gasteiger partial charge in [-0.1, -0.05) is 26.7 Å². The van der Waals surface area contributed by atoms with Crippen LogP contribution in [0.1, 0.15) is 71.6 Å². The highest BCUT2D eigenvalue weighted by molar-refractivity contribution is 5.75. The average Bonchev–Trinajstić information content (AvgIpc) is 3.66. The Labute approximate surface area is 173 Å². The van der Waals surface area contributed by atoms with Gasteiger partial charge in [-0.15, -0.1) is 0 Å². The molecule has 29 heavy (non-hydrogen) atoms. The SMILES string of the molecule is CCCCC(CC)(COC(=O)C1C=C2OC2CC1)COC(=O)C1CCC2OC2C1. The number of epoxide rings is 2. The predicted octanol–water partition coefficient (Wildman–Crippen LogP) is 3.92. The van der Waals surface area contributed by atoms with Crippen LogP contribution in [0.2, 0.25) is 0 Å². The molecule has 0 radical (unpaired) electrons. The largest absolute Gasteiger partial charge is 0.483 e. The Morgan fingerprint density at radius 2 is 1.86 bits per heavy atom. The standard InChI is InChI=1S/C23H34O6/c1-3-5-10-23(4-2,13-26-21(24)15-6-8-17-19(11-15)28-17)14-27-22(25)16-7-9-18-20(12-16)29-18/h11,15-18,20H,3-10,12-14H2,1-2H3. The lowest BCUT2D eigenvalue weighted by Crippen LogP contribution is -2.36. The molecule has 1 saturated carbocycles. The molecule has 6 atom stereocenters. The van der Waals surface area contributed by atoms with Crippen molar-refractivity contribution in [2.75, 3.05) is 13.2 Å². The van der Waals surface area contributed by atoms with E-state index in [1.807, 2.05) is 6.08 Å². The van der Waals surface area contributed by atoms with Crippen molar-refractivity contribution in [3.8, 4) is 0 Å². The summed E-state index contributed by atoms with van der Waals surface area (Å²) in [5.41, 5.74) is -0.310. The van der Waals surface area contributed by atoms with Crippen LogP contribution in [0.5, 0.6) is 0 Å². The van der Waals surface area contributed by atoms with E-state index in [1.54, 1.807) is 0 Å². The topological polar surface area (TPSA) is 77.7 Å². The molecule has 0 N–H and O–H groups in total. The summed E-state index contributed by atoms with van der Waals surface area (Å²) in [6, 6.07) is 0. The molecular weight excluding hydrogens is 372 g/mol. The Hall–Kier alpha value is -1.56. The molecule has 2 aliphatic carbocycles. The maximum Gasteiger partial charge on any atom is 0.312 e. The van der Waals surface area contributed by atoms with Gasteiger partial charge in [0, 0.05) is 5.41 Å². The van der Waals surface area contributed by atoms with Gasteiger partial charge in [-0.2, -0.15) is 0 Å². The van der Waals surface area contributed by atoms with Gasteiger partial charge in [0.15, 0.2) is 6.10 Å². The first-order valence-electron chi connectivity index (χ1n) is 11.4. The predicted molar refractivity (Wildman–Crippen MR) is 106 cm³/mol. The van der Waals surface area contributed by atoms with Crippen LogP contribution < -0.4 is 0 Å². The number of carbonyl (C=O) groups excluding carboxylic acids is 2. The summed E-state index contributed by atoms with van der Waals surface area (Å²) >= 11 is 0. The second-order valence-electron chi connectivity index (χ2n) is 9.25. The molecule has 4 rings (SSSR count). The molecule has 6 heteroatoms. The second kappa shape index (κ2) is 8.66. The molecule has 3 fully saturated rings. The van der Waals surface area contributed by atoms with Crippen LogP contribution in [-0.4, -0.2) is 43.5 Å². The Bertz CT molecular complexity index is 658. The number of carbonyl (C=O) groups is 2. The first kappa shape index (κ1) is 20.7. The highest BCUT2D eigenvalue weighted by Gasteiger charge is 2.46. The Morgan fingerprint density at radius 3 is 2.55 bits per heavy atom. The molecule has 2 heterocycles. The maximum absolute atomic E-state index is 12.6. The van der Waals surface area contributed by atoms with Gasteiger partial charge >= 0.3 is 11.9 Å². The summed E-state index contributed by atoms with van der Waals surface area (Å²) < 4.78 is 22.5. The molecule has 4 aliphatic rings. The van der Waals surface area contributed by atoms with Crippen LogP contribution in [-0.2, 0) is 28.5 Å². The molecule has 0 aromatic carbocycles. The van der Waals surface area contributed by atoms with Gasteiger partial charge in [-0.25, -0.2) is 0 Å². The van der Waals surface area contributed by atoms with Gasteiger partial charge in [-0.05, 0) is 51.0 Å². The van der Waals surface area contributed by atoms with Crippen LogP contribution in [0.4, 0.5) is 0 Å². The van der Waals surface area contributed by atoms with E-state index in [9.17, 15) is 9.59 Å². The number of ether oxygens (including phenoxy) is 4. The Kier molecular flexibility index (Phi) is 6.19. The van der Waals surface area contributed by atoms with Crippen LogP contribution >= 0.6 is 0 Å². The normalized spacial score (nSPS) is 33.9. The zero-order chi connectivity index (χ0) is 20.4. The van der Waals surface area contributed by atoms with Gasteiger partial charge in [-0.3, -0.25) is 9.59 Å². The molecule has 6 nitrogen and oxygen atoms in total. The van der Waals surface area contributed by atoms with E-state index in [0.717, 1.165) is 63.5 Å². The van der Waals surface area contributed by atoms with Crippen LogP contribution in [0.15, 0.2) is 11.8 Å². The molecule has 0 amide bonds. The molecule has 0 bridgehead atoms. The molecule has 2 aliphatic heterocycles. The van der Waals surface area contributed by atoms with Crippen molar-refractivity contribution in [2.24, 2.45) is 17.3 Å². The quantitative estimate of drug-likeness (QED) is 0.404. The van der Waals surface area contributed by atoms with E-state index in [1.165, 1.54) is 0 Å². The molecule has 0 aromatic heterocycles. The zero-order valence-corrected chi connectivity index (χ0v) is 17.7. The van der Waals surface area contributed by atoms with Crippen molar-refractivity contribution in [3.63, 3.8) is 0 Å². The van der Waals surface area contributed by atoms with Crippen molar-refractivity contribution >= 4 is 11.9 Å². The van der Waals surface area contributed by atoms with Gasteiger partial charge in [0.1, 0.15) is 19.0 Å². The highest BCUT2D eigenvalue weighted by atomic mass is 16.6. The van der Waals surface area contributed by atoms with E-state index in [-0.39, 0.29) is 41.4 Å². The number of hydrogen-bond acceptors (Lipinski definition) is 6. The fourth-order valence-corrected chi connectivity index (χ4v) is 4.69. The Balaban J connectivity index is 1.30. The summed E-state index contributed by atoms with van der Waals surface area (Å²) in [7, 11) is 0. The molecule has 2 saturated heterocycles. The lowest BCUT2D eigenvalue weighted by molar-refractivity contribution is -0.160. The summed E-state index contributed by atoms with van der Waals surface area (Å²) in [5.74, 6) is 0.377. The number of unbranched alkanes of at least 4 members (excludes halogenated alkanes) is 1. The van der Waals surface area contributed by atoms with Crippen LogP contribution in [0.3, 0.4) is 0 Å². The summed E-state index contributed by atoms with van der Waals surface area (Å²) in [5, 5.41) is 0. The number of esters is 2. The van der Waals surface area contributed by atoms with Crippen molar-refractivity contribution in [3.05, 3.63) is 11.8 Å². The third kappa shape index (κ3) is 4.96. The van der Waals surface area contributed by atoms with Gasteiger partial charge in [0.25, 0.3) is 0 Å². The van der Waals surface area contributed by atoms with E-state index in [4.69, 9.17) is 18.9 Å². The van der Waals surface area contributed by atoms with E-state index in [2.05, 4.69) is 13.8 Å². The second-order valence-corrected chi connectivity index (χ2v) is 9.25. The first-order chi connectivity index (χ1) is 14.0. The van der Waals surface area contributed by atoms with Crippen molar-refractivity contribution in [1.29, 1.82) is 0 Å². The van der Waals surface area contributed by atoms with Crippen LogP contribution in [0, 0.1) is 17.3 Å². The van der Waals surface area contributed by atoms with E-state index in [0.29, 0.717) is 19.3 Å². The summed E-state index contributed by atoms with van der Waals surface area (Å²) in [6.45, 7) is 4.86. The van der Waals surface area contributed by atoms with Gasteiger partial charge in [0.2, 0.25) is 0 Å². The van der Waals surface area contributed by atoms with Crippen molar-refractivity contribution in [2.45, 2.75) is 89.9 Å². The van der Waals surface area contributed by atoms with Crippen molar-refractivity contribution < 1.29 is 28.5 Å². The lowest BCUT2D eigenvalue weighted by Gasteiger charge is -2.33. The molecular formula is C23H34O6. The third-order valence-corrected chi connectivity index (χ3v) is 7.14. The minimum absolute atomic E-state index is 0.0533.